The molecule has 1 aliphatic heterocycles. The first-order valence-corrected chi connectivity index (χ1v) is 11.4. The van der Waals surface area contributed by atoms with E-state index in [9.17, 15) is 14.9 Å². The van der Waals surface area contributed by atoms with Crippen molar-refractivity contribution in [3.05, 3.63) is 69.3 Å². The molecule has 0 unspecified atom stereocenters. The third kappa shape index (κ3) is 5.19. The Balaban J connectivity index is 1.65. The average molecular weight is 453 g/mol. The Morgan fingerprint density at radius 1 is 1.25 bits per heavy atom. The second-order valence-electron chi connectivity index (χ2n) is 8.28. The van der Waals surface area contributed by atoms with E-state index < -0.39 is 4.92 Å². The topological polar surface area (TPSA) is 87.8 Å². The number of benzene rings is 2. The fourth-order valence-electron chi connectivity index (χ4n) is 3.98. The predicted molar refractivity (Wildman–Crippen MR) is 131 cm³/mol. The van der Waals surface area contributed by atoms with Crippen molar-refractivity contribution in [2.24, 2.45) is 5.10 Å². The zero-order valence-corrected chi connectivity index (χ0v) is 19.8. The lowest BCUT2D eigenvalue weighted by atomic mass is 9.87. The van der Waals surface area contributed by atoms with E-state index in [1.807, 2.05) is 6.92 Å². The summed E-state index contributed by atoms with van der Waals surface area (Å²) >= 11 is 1.30. The average Bonchev–Trinajstić information content (AvgIpc) is 2.73. The van der Waals surface area contributed by atoms with E-state index in [1.54, 1.807) is 18.3 Å². The standard InChI is InChI=1S/C24H28N4O3S/c1-6-27-22-11-16(2)18(12-21(22)17(3)13-24(27,4)5)14-25-26-23(29)15-32-20-9-7-19(8-10-20)28(30)31/h7-14H,6,15H2,1-5H3,(H,26,29)/b25-14+. The number of aryl methyl sites for hydroxylation is 1. The maximum Gasteiger partial charge on any atom is 0.269 e. The van der Waals surface area contributed by atoms with Crippen molar-refractivity contribution in [1.82, 2.24) is 5.43 Å². The molecule has 0 saturated heterocycles. The molecule has 3 rings (SSSR count). The molecular weight excluding hydrogens is 424 g/mol. The summed E-state index contributed by atoms with van der Waals surface area (Å²) in [6.07, 6.45) is 3.96. The normalized spacial score (nSPS) is 14.8. The number of likely N-dealkylation sites (N-methyl/N-ethyl adjacent to an activating group) is 1. The first-order chi connectivity index (χ1) is 15.1. The number of hydrogen-bond donors (Lipinski definition) is 1. The minimum atomic E-state index is -0.448. The van der Waals surface area contributed by atoms with Gasteiger partial charge in [-0.2, -0.15) is 5.10 Å². The number of nitrogens with one attached hydrogen (secondary N) is 1. The fourth-order valence-corrected chi connectivity index (χ4v) is 4.67. The van der Waals surface area contributed by atoms with Gasteiger partial charge < -0.3 is 4.90 Å². The summed E-state index contributed by atoms with van der Waals surface area (Å²) in [5.41, 5.74) is 8.22. The largest absolute Gasteiger partial charge is 0.363 e. The Morgan fingerprint density at radius 3 is 2.56 bits per heavy atom. The number of hydrogen-bond acceptors (Lipinski definition) is 6. The molecule has 2 aromatic carbocycles. The lowest BCUT2D eigenvalue weighted by molar-refractivity contribution is -0.384. The molecule has 1 aliphatic rings. The van der Waals surface area contributed by atoms with Gasteiger partial charge in [-0.05, 0) is 75.6 Å². The van der Waals surface area contributed by atoms with Crippen LogP contribution in [-0.4, -0.2) is 34.9 Å². The molecule has 8 heteroatoms. The van der Waals surface area contributed by atoms with Gasteiger partial charge in [0.15, 0.2) is 0 Å². The van der Waals surface area contributed by atoms with Crippen LogP contribution in [-0.2, 0) is 4.79 Å². The Labute approximate surface area is 192 Å². The number of fused-ring (bicyclic) bond motifs is 1. The van der Waals surface area contributed by atoms with Crippen molar-refractivity contribution in [3.63, 3.8) is 0 Å². The number of thioether (sulfide) groups is 1. The zero-order chi connectivity index (χ0) is 23.5. The van der Waals surface area contributed by atoms with E-state index in [2.05, 4.69) is 61.3 Å². The second kappa shape index (κ2) is 9.56. The molecule has 0 aliphatic carbocycles. The molecule has 0 bridgehead atoms. The number of nitrogens with zero attached hydrogens (tertiary/aromatic N) is 3. The molecule has 32 heavy (non-hydrogen) atoms. The molecule has 1 N–H and O–H groups in total. The molecule has 0 radical (unpaired) electrons. The van der Waals surface area contributed by atoms with Gasteiger partial charge in [0.25, 0.3) is 5.69 Å². The molecule has 0 atom stereocenters. The van der Waals surface area contributed by atoms with Gasteiger partial charge in [0.1, 0.15) is 0 Å². The highest BCUT2D eigenvalue weighted by Gasteiger charge is 2.30. The molecule has 168 valence electrons. The van der Waals surface area contributed by atoms with Crippen molar-refractivity contribution < 1.29 is 9.72 Å². The summed E-state index contributed by atoms with van der Waals surface area (Å²) in [5.74, 6) is -0.0732. The predicted octanol–water partition coefficient (Wildman–Crippen LogP) is 5.17. The molecule has 7 nitrogen and oxygen atoms in total. The summed E-state index contributed by atoms with van der Waals surface area (Å²) < 4.78 is 0. The summed E-state index contributed by atoms with van der Waals surface area (Å²) in [4.78, 5) is 25.6. The number of nitro groups is 1. The number of amides is 1. The van der Waals surface area contributed by atoms with Gasteiger partial charge in [-0.25, -0.2) is 5.43 Å². The quantitative estimate of drug-likeness (QED) is 0.271. The van der Waals surface area contributed by atoms with Crippen LogP contribution in [0.1, 0.15) is 44.4 Å². The number of carbonyl (C=O) groups excluding carboxylic acids is 1. The molecule has 0 aromatic heterocycles. The van der Waals surface area contributed by atoms with Crippen LogP contribution in [0.2, 0.25) is 0 Å². The third-order valence-corrected chi connectivity index (χ3v) is 6.50. The van der Waals surface area contributed by atoms with Gasteiger partial charge in [-0.15, -0.1) is 11.8 Å². The van der Waals surface area contributed by atoms with Crippen molar-refractivity contribution in [2.75, 3.05) is 17.2 Å². The summed E-state index contributed by atoms with van der Waals surface area (Å²) in [6, 6.07) is 10.4. The number of anilines is 1. The van der Waals surface area contributed by atoms with E-state index >= 15 is 0 Å². The number of non-ortho nitro benzene ring substituents is 1. The smallest absolute Gasteiger partial charge is 0.269 e. The zero-order valence-electron chi connectivity index (χ0n) is 19.0. The number of allylic oxidation sites excluding steroid dienone is 1. The molecule has 0 spiro atoms. The minimum Gasteiger partial charge on any atom is -0.363 e. The van der Waals surface area contributed by atoms with E-state index in [0.29, 0.717) is 0 Å². The van der Waals surface area contributed by atoms with E-state index in [1.165, 1.54) is 40.7 Å². The first-order valence-electron chi connectivity index (χ1n) is 10.4. The summed E-state index contributed by atoms with van der Waals surface area (Å²) in [6.45, 7) is 11.7. The van der Waals surface area contributed by atoms with Crippen LogP contribution in [0.25, 0.3) is 5.57 Å². The van der Waals surface area contributed by atoms with Crippen LogP contribution < -0.4 is 10.3 Å². The first kappa shape index (κ1) is 23.5. The Hall–Kier alpha value is -3.13. The van der Waals surface area contributed by atoms with Crippen LogP contribution in [0, 0.1) is 17.0 Å². The SMILES string of the molecule is CCN1c2cc(C)c(/C=N/NC(=O)CSc3ccc([N+](=O)[O-])cc3)cc2C(C)=CC1(C)C. The monoisotopic (exact) mass is 452 g/mol. The summed E-state index contributed by atoms with van der Waals surface area (Å²) in [5, 5.41) is 14.8. The molecule has 0 fully saturated rings. The second-order valence-corrected chi connectivity index (χ2v) is 9.33. The highest BCUT2D eigenvalue weighted by molar-refractivity contribution is 8.00. The van der Waals surface area contributed by atoms with E-state index in [-0.39, 0.29) is 22.9 Å². The molecule has 2 aromatic rings. The maximum atomic E-state index is 12.1. The number of nitro benzene ring substituents is 1. The lowest BCUT2D eigenvalue weighted by Gasteiger charge is -2.43. The van der Waals surface area contributed by atoms with Crippen molar-refractivity contribution in [2.45, 2.75) is 45.1 Å². The van der Waals surface area contributed by atoms with Gasteiger partial charge in [0.2, 0.25) is 5.91 Å². The van der Waals surface area contributed by atoms with E-state index in [4.69, 9.17) is 0 Å². The number of hydrazone groups is 1. The van der Waals surface area contributed by atoms with Gasteiger partial charge in [-0.1, -0.05) is 6.08 Å². The van der Waals surface area contributed by atoms with Gasteiger partial charge >= 0.3 is 0 Å². The number of rotatable bonds is 7. The Morgan fingerprint density at radius 2 is 1.94 bits per heavy atom. The van der Waals surface area contributed by atoms with Gasteiger partial charge in [0.05, 0.1) is 22.4 Å². The van der Waals surface area contributed by atoms with Crippen molar-refractivity contribution in [1.29, 1.82) is 0 Å². The minimum absolute atomic E-state index is 0.0273. The molecular formula is C24H28N4O3S. The van der Waals surface area contributed by atoms with Gasteiger partial charge in [-0.3, -0.25) is 14.9 Å². The van der Waals surface area contributed by atoms with Crippen LogP contribution in [0.5, 0.6) is 0 Å². The van der Waals surface area contributed by atoms with Crippen LogP contribution in [0.4, 0.5) is 11.4 Å². The Kier molecular flexibility index (Phi) is 7.03. The molecule has 1 heterocycles. The van der Waals surface area contributed by atoms with Crippen LogP contribution >= 0.6 is 11.8 Å². The van der Waals surface area contributed by atoms with Crippen LogP contribution in [0.3, 0.4) is 0 Å². The van der Waals surface area contributed by atoms with Crippen LogP contribution in [0.15, 0.2) is 52.5 Å². The van der Waals surface area contributed by atoms with E-state index in [0.717, 1.165) is 22.6 Å². The lowest BCUT2D eigenvalue weighted by Crippen LogP contribution is -2.45. The molecule has 0 saturated carbocycles. The maximum absolute atomic E-state index is 12.1. The highest BCUT2D eigenvalue weighted by atomic mass is 32.2. The van der Waals surface area contributed by atoms with Gasteiger partial charge in [0, 0.05) is 34.8 Å². The third-order valence-electron chi connectivity index (χ3n) is 5.49. The number of carbonyl (C=O) groups is 1. The Bertz CT molecular complexity index is 1090. The highest BCUT2D eigenvalue weighted by Crippen LogP contribution is 2.39. The van der Waals surface area contributed by atoms with Crippen molar-refractivity contribution >= 4 is 40.8 Å². The molecule has 1 amide bonds. The fraction of sp³-hybridized carbons (Fsp3) is 0.333. The van der Waals surface area contributed by atoms with Crippen molar-refractivity contribution in [3.8, 4) is 0 Å². The summed E-state index contributed by atoms with van der Waals surface area (Å²) in [7, 11) is 0.